The van der Waals surface area contributed by atoms with Gasteiger partial charge in [-0.1, -0.05) is 19.8 Å². The first kappa shape index (κ1) is 16.4. The highest BCUT2D eigenvalue weighted by molar-refractivity contribution is 7.92. The van der Waals surface area contributed by atoms with E-state index in [0.29, 0.717) is 18.9 Å². The van der Waals surface area contributed by atoms with E-state index in [0.717, 1.165) is 25.7 Å². The number of carbonyl (C=O) groups excluding carboxylic acids is 1. The summed E-state index contributed by atoms with van der Waals surface area (Å²) >= 11 is 0. The third kappa shape index (κ3) is 5.48. The van der Waals surface area contributed by atoms with Crippen LogP contribution >= 0.6 is 0 Å². The van der Waals surface area contributed by atoms with Crippen molar-refractivity contribution in [2.45, 2.75) is 51.5 Å². The Hall–Kier alpha value is -0.620. The van der Waals surface area contributed by atoms with Gasteiger partial charge < -0.3 is 11.1 Å². The lowest BCUT2D eigenvalue weighted by Crippen LogP contribution is -2.54. The lowest BCUT2D eigenvalue weighted by atomic mass is 9.96. The van der Waals surface area contributed by atoms with Crippen LogP contribution in [0.25, 0.3) is 0 Å². The highest BCUT2D eigenvalue weighted by Crippen LogP contribution is 2.38. The number of hydrogen-bond acceptors (Lipinski definition) is 4. The van der Waals surface area contributed by atoms with E-state index in [1.54, 1.807) is 0 Å². The van der Waals surface area contributed by atoms with Crippen LogP contribution in [0.3, 0.4) is 0 Å². The second-order valence-electron chi connectivity index (χ2n) is 5.74. The number of nitrogens with two attached hydrogens (primary N) is 1. The Morgan fingerprint density at radius 3 is 2.47 bits per heavy atom. The molecule has 0 aromatic carbocycles. The van der Waals surface area contributed by atoms with E-state index in [2.05, 4.69) is 5.32 Å². The van der Waals surface area contributed by atoms with Crippen LogP contribution in [0.4, 0.5) is 0 Å². The van der Waals surface area contributed by atoms with Crippen LogP contribution in [-0.2, 0) is 14.6 Å². The predicted octanol–water partition coefficient (Wildman–Crippen LogP) is 0.835. The molecule has 5 nitrogen and oxygen atoms in total. The summed E-state index contributed by atoms with van der Waals surface area (Å²) in [5.74, 6) is -0.351. The summed E-state index contributed by atoms with van der Waals surface area (Å²) in [6, 6.07) is 0. The van der Waals surface area contributed by atoms with Crippen LogP contribution in [0.2, 0.25) is 0 Å². The molecule has 1 rings (SSSR count). The molecule has 0 aliphatic heterocycles. The van der Waals surface area contributed by atoms with E-state index in [9.17, 15) is 13.2 Å². The molecule has 0 spiro atoms. The van der Waals surface area contributed by atoms with Gasteiger partial charge in [0.1, 0.15) is 5.75 Å². The number of hydrogen-bond donors (Lipinski definition) is 2. The SMILES string of the molecule is CCCCCS(=O)(=O)CC(=O)NC(C)(CN)C1CC1. The zero-order valence-corrected chi connectivity index (χ0v) is 12.8. The summed E-state index contributed by atoms with van der Waals surface area (Å²) in [7, 11) is -3.29. The van der Waals surface area contributed by atoms with E-state index in [-0.39, 0.29) is 5.75 Å². The number of carbonyl (C=O) groups is 1. The van der Waals surface area contributed by atoms with Gasteiger partial charge in [0.25, 0.3) is 0 Å². The Bertz CT molecular complexity index is 404. The minimum Gasteiger partial charge on any atom is -0.349 e. The first-order valence-electron chi connectivity index (χ1n) is 7.04. The van der Waals surface area contributed by atoms with Crippen molar-refractivity contribution in [3.8, 4) is 0 Å². The van der Waals surface area contributed by atoms with Gasteiger partial charge in [0.05, 0.1) is 11.3 Å². The average Bonchev–Trinajstić information content (AvgIpc) is 3.12. The molecule has 3 N–H and O–H groups in total. The summed E-state index contributed by atoms with van der Waals surface area (Å²) in [6.07, 6.45) is 4.58. The van der Waals surface area contributed by atoms with Gasteiger partial charge in [0.15, 0.2) is 9.84 Å². The third-order valence-corrected chi connectivity index (χ3v) is 5.35. The van der Waals surface area contributed by atoms with Crippen molar-refractivity contribution < 1.29 is 13.2 Å². The van der Waals surface area contributed by atoms with Crippen LogP contribution in [-0.4, -0.2) is 37.9 Å². The summed E-state index contributed by atoms with van der Waals surface area (Å²) in [6.45, 7) is 4.26. The molecule has 0 aromatic heterocycles. The second kappa shape index (κ2) is 6.70. The van der Waals surface area contributed by atoms with E-state index in [1.807, 2.05) is 13.8 Å². The molecular formula is C13H26N2O3S. The molecule has 1 atom stereocenters. The quantitative estimate of drug-likeness (QED) is 0.616. The van der Waals surface area contributed by atoms with Crippen molar-refractivity contribution in [3.63, 3.8) is 0 Å². The molecule has 1 aliphatic carbocycles. The van der Waals surface area contributed by atoms with Gasteiger partial charge in [-0.05, 0) is 32.1 Å². The molecule has 1 amide bonds. The maximum atomic E-state index is 11.9. The normalized spacial score (nSPS) is 18.9. The van der Waals surface area contributed by atoms with Crippen LogP contribution in [0.15, 0.2) is 0 Å². The number of rotatable bonds is 9. The summed E-state index contributed by atoms with van der Waals surface area (Å²) in [5.41, 5.74) is 5.25. The number of nitrogens with one attached hydrogen (secondary N) is 1. The third-order valence-electron chi connectivity index (χ3n) is 3.74. The van der Waals surface area contributed by atoms with Gasteiger partial charge in [-0.2, -0.15) is 0 Å². The lowest BCUT2D eigenvalue weighted by molar-refractivity contribution is -0.120. The van der Waals surface area contributed by atoms with Crippen LogP contribution in [0.1, 0.15) is 46.0 Å². The van der Waals surface area contributed by atoms with Crippen LogP contribution in [0.5, 0.6) is 0 Å². The molecule has 1 fully saturated rings. The monoisotopic (exact) mass is 290 g/mol. The van der Waals surface area contributed by atoms with Gasteiger partial charge in [0.2, 0.25) is 5.91 Å². The number of unbranched alkanes of at least 4 members (excludes halogenated alkanes) is 2. The molecule has 19 heavy (non-hydrogen) atoms. The molecule has 0 heterocycles. The minimum atomic E-state index is -3.29. The van der Waals surface area contributed by atoms with Crippen LogP contribution in [0, 0.1) is 5.92 Å². The van der Waals surface area contributed by atoms with E-state index < -0.39 is 27.0 Å². The van der Waals surface area contributed by atoms with Gasteiger partial charge >= 0.3 is 0 Å². The molecule has 0 aromatic rings. The smallest absolute Gasteiger partial charge is 0.235 e. The molecule has 1 saturated carbocycles. The standard InChI is InChI=1S/C13H26N2O3S/c1-3-4-5-8-19(17,18)9-12(16)15-13(2,10-14)11-6-7-11/h11H,3-10,14H2,1-2H3,(H,15,16). The van der Waals surface area contributed by atoms with E-state index in [1.165, 1.54) is 0 Å². The molecule has 0 bridgehead atoms. The fraction of sp³-hybridized carbons (Fsp3) is 0.923. The molecule has 1 aliphatic rings. The fourth-order valence-electron chi connectivity index (χ4n) is 2.24. The molecule has 6 heteroatoms. The van der Waals surface area contributed by atoms with Gasteiger partial charge in [0, 0.05) is 6.54 Å². The first-order valence-corrected chi connectivity index (χ1v) is 8.86. The summed E-state index contributed by atoms with van der Waals surface area (Å²) < 4.78 is 23.6. The molecule has 1 unspecified atom stereocenters. The average molecular weight is 290 g/mol. The van der Waals surface area contributed by atoms with Crippen molar-refractivity contribution >= 4 is 15.7 Å². The predicted molar refractivity (Wildman–Crippen MR) is 76.5 cm³/mol. The molecule has 0 radical (unpaired) electrons. The first-order chi connectivity index (χ1) is 8.83. The topological polar surface area (TPSA) is 89.3 Å². The van der Waals surface area contributed by atoms with E-state index >= 15 is 0 Å². The highest BCUT2D eigenvalue weighted by Gasteiger charge is 2.41. The van der Waals surface area contributed by atoms with Gasteiger partial charge in [-0.25, -0.2) is 8.42 Å². The fourth-order valence-corrected chi connectivity index (χ4v) is 3.50. The summed E-state index contributed by atoms with van der Waals surface area (Å²) in [4.78, 5) is 11.9. The number of sulfone groups is 1. The minimum absolute atomic E-state index is 0.0943. The Labute approximate surface area is 116 Å². The van der Waals surface area contributed by atoms with Crippen molar-refractivity contribution in [1.82, 2.24) is 5.32 Å². The zero-order chi connectivity index (χ0) is 14.5. The molecule has 0 saturated heterocycles. The largest absolute Gasteiger partial charge is 0.349 e. The van der Waals surface area contributed by atoms with Crippen molar-refractivity contribution in [1.29, 1.82) is 0 Å². The Morgan fingerprint density at radius 1 is 1.37 bits per heavy atom. The maximum Gasteiger partial charge on any atom is 0.235 e. The lowest BCUT2D eigenvalue weighted by Gasteiger charge is -2.29. The van der Waals surface area contributed by atoms with Crippen molar-refractivity contribution in [2.24, 2.45) is 11.7 Å². The zero-order valence-electron chi connectivity index (χ0n) is 11.9. The van der Waals surface area contributed by atoms with Crippen LogP contribution < -0.4 is 11.1 Å². The molecular weight excluding hydrogens is 264 g/mol. The number of amides is 1. The van der Waals surface area contributed by atoms with E-state index in [4.69, 9.17) is 5.73 Å². The Kier molecular flexibility index (Phi) is 5.80. The second-order valence-corrected chi connectivity index (χ2v) is 7.93. The van der Waals surface area contributed by atoms with Gasteiger partial charge in [-0.15, -0.1) is 0 Å². The Balaban J connectivity index is 2.45. The Morgan fingerprint density at radius 2 is 2.00 bits per heavy atom. The van der Waals surface area contributed by atoms with Crippen molar-refractivity contribution in [2.75, 3.05) is 18.1 Å². The summed E-state index contributed by atoms with van der Waals surface area (Å²) in [5, 5.41) is 2.81. The molecule has 112 valence electrons. The van der Waals surface area contributed by atoms with Crippen molar-refractivity contribution in [3.05, 3.63) is 0 Å². The highest BCUT2D eigenvalue weighted by atomic mass is 32.2. The maximum absolute atomic E-state index is 11.9. The van der Waals surface area contributed by atoms with Gasteiger partial charge in [-0.3, -0.25) is 4.79 Å².